The zero-order valence-corrected chi connectivity index (χ0v) is 15.9. The minimum atomic E-state index is -0.765. The van der Waals surface area contributed by atoms with E-state index in [4.69, 9.17) is 18.6 Å². The smallest absolute Gasteiger partial charge is 0.313 e. The molecule has 2 heterocycles. The second-order valence-electron chi connectivity index (χ2n) is 7.29. The fourth-order valence-corrected chi connectivity index (χ4v) is 3.31. The summed E-state index contributed by atoms with van der Waals surface area (Å²) >= 11 is 0. The van der Waals surface area contributed by atoms with Crippen LogP contribution in [0.4, 0.5) is 0 Å². The van der Waals surface area contributed by atoms with E-state index in [1.54, 1.807) is 32.0 Å². The summed E-state index contributed by atoms with van der Waals surface area (Å²) in [7, 11) is 0. The molecule has 1 fully saturated rings. The van der Waals surface area contributed by atoms with E-state index in [0.29, 0.717) is 0 Å². The van der Waals surface area contributed by atoms with Gasteiger partial charge in [0.05, 0.1) is 12.2 Å². The molecule has 1 aliphatic heterocycles. The van der Waals surface area contributed by atoms with Gasteiger partial charge in [0.15, 0.2) is 23.1 Å². The molecule has 0 spiro atoms. The average Bonchev–Trinajstić information content (AvgIpc) is 3.28. The molecule has 1 aromatic carbocycles. The summed E-state index contributed by atoms with van der Waals surface area (Å²) in [4.78, 5) is 49.5. The number of ether oxygens (including phenoxy) is 3. The lowest BCUT2D eigenvalue weighted by Crippen LogP contribution is -2.25. The van der Waals surface area contributed by atoms with Crippen LogP contribution in [-0.2, 0) is 19.0 Å². The first-order valence-electron chi connectivity index (χ1n) is 9.08. The predicted octanol–water partition coefficient (Wildman–Crippen LogP) is 2.32. The summed E-state index contributed by atoms with van der Waals surface area (Å²) < 4.78 is 21.3. The van der Waals surface area contributed by atoms with Gasteiger partial charge in [-0.1, -0.05) is 24.3 Å². The Balaban J connectivity index is 1.42. The Bertz CT molecular complexity index is 977. The van der Waals surface area contributed by atoms with Crippen molar-refractivity contribution in [2.75, 3.05) is 13.2 Å². The van der Waals surface area contributed by atoms with Crippen molar-refractivity contribution in [3.8, 4) is 0 Å². The van der Waals surface area contributed by atoms with Gasteiger partial charge in [-0.05, 0) is 19.9 Å². The second-order valence-corrected chi connectivity index (χ2v) is 7.29. The molecule has 0 saturated carbocycles. The number of hydrogen-bond donors (Lipinski definition) is 0. The molecule has 1 saturated heterocycles. The molecule has 150 valence electrons. The molecule has 4 rings (SSSR count). The minimum Gasteiger partial charge on any atom is -0.462 e. The third-order valence-electron chi connectivity index (χ3n) is 4.68. The SMILES string of the molecule is CC1(C)OCC(COC(=O)CC(=O)c2cc3c(o2)C(=O)c2ccccc2C3=O)O1. The molecule has 0 radical (unpaired) electrons. The molecule has 8 nitrogen and oxygen atoms in total. The number of benzene rings is 1. The number of carbonyl (C=O) groups excluding carboxylic acids is 4. The molecule has 0 bridgehead atoms. The fourth-order valence-electron chi connectivity index (χ4n) is 3.31. The molecule has 2 aromatic rings. The van der Waals surface area contributed by atoms with E-state index in [2.05, 4.69) is 0 Å². The van der Waals surface area contributed by atoms with Crippen LogP contribution in [0.2, 0.25) is 0 Å². The van der Waals surface area contributed by atoms with Crippen molar-refractivity contribution >= 4 is 23.3 Å². The van der Waals surface area contributed by atoms with Gasteiger partial charge in [-0.25, -0.2) is 0 Å². The molecular formula is C21H18O8. The molecule has 0 amide bonds. The van der Waals surface area contributed by atoms with Gasteiger partial charge in [-0.3, -0.25) is 19.2 Å². The molecule has 2 aliphatic rings. The Morgan fingerprint density at radius 1 is 1.10 bits per heavy atom. The lowest BCUT2D eigenvalue weighted by atomic mass is 9.88. The van der Waals surface area contributed by atoms with Gasteiger partial charge in [0.1, 0.15) is 19.1 Å². The van der Waals surface area contributed by atoms with Gasteiger partial charge < -0.3 is 18.6 Å². The Labute approximate surface area is 165 Å². The van der Waals surface area contributed by atoms with E-state index in [1.165, 1.54) is 12.1 Å². The van der Waals surface area contributed by atoms with Gasteiger partial charge in [-0.2, -0.15) is 0 Å². The molecule has 1 aliphatic carbocycles. The highest BCUT2D eigenvalue weighted by atomic mass is 16.7. The van der Waals surface area contributed by atoms with Crippen LogP contribution in [0.25, 0.3) is 0 Å². The topological polar surface area (TPSA) is 109 Å². The van der Waals surface area contributed by atoms with Gasteiger partial charge in [0.2, 0.25) is 11.6 Å². The monoisotopic (exact) mass is 398 g/mol. The molecule has 29 heavy (non-hydrogen) atoms. The van der Waals surface area contributed by atoms with Crippen molar-refractivity contribution in [3.05, 3.63) is 58.5 Å². The number of carbonyl (C=O) groups is 4. The zero-order chi connectivity index (χ0) is 20.8. The summed E-state index contributed by atoms with van der Waals surface area (Å²) in [5.41, 5.74) is 0.495. The first-order valence-corrected chi connectivity index (χ1v) is 9.08. The molecule has 1 unspecified atom stereocenters. The lowest BCUT2D eigenvalue weighted by Gasteiger charge is -2.16. The summed E-state index contributed by atoms with van der Waals surface area (Å²) in [6, 6.07) is 7.56. The van der Waals surface area contributed by atoms with Crippen LogP contribution in [0.1, 0.15) is 62.9 Å². The van der Waals surface area contributed by atoms with Crippen molar-refractivity contribution < 1.29 is 37.8 Å². The van der Waals surface area contributed by atoms with Crippen LogP contribution in [0.15, 0.2) is 34.7 Å². The maximum absolute atomic E-state index is 12.6. The number of esters is 1. The Morgan fingerprint density at radius 3 is 2.45 bits per heavy atom. The van der Waals surface area contributed by atoms with Crippen molar-refractivity contribution in [3.63, 3.8) is 0 Å². The quantitative estimate of drug-likeness (QED) is 0.366. The molecular weight excluding hydrogens is 380 g/mol. The minimum absolute atomic E-state index is 0.0177. The van der Waals surface area contributed by atoms with Gasteiger partial charge in [-0.15, -0.1) is 0 Å². The summed E-state index contributed by atoms with van der Waals surface area (Å²) in [5.74, 6) is -3.49. The molecule has 1 aromatic heterocycles. The maximum atomic E-state index is 12.6. The zero-order valence-electron chi connectivity index (χ0n) is 15.9. The van der Waals surface area contributed by atoms with Crippen LogP contribution >= 0.6 is 0 Å². The first-order chi connectivity index (χ1) is 13.7. The van der Waals surface area contributed by atoms with E-state index in [-0.39, 0.29) is 41.4 Å². The van der Waals surface area contributed by atoms with Crippen molar-refractivity contribution in [1.29, 1.82) is 0 Å². The van der Waals surface area contributed by atoms with E-state index in [0.717, 1.165) is 0 Å². The number of Topliss-reactive ketones (excluding diaryl/α,β-unsaturated/α-hetero) is 1. The van der Waals surface area contributed by atoms with E-state index in [9.17, 15) is 19.2 Å². The molecule has 1 atom stereocenters. The van der Waals surface area contributed by atoms with E-state index >= 15 is 0 Å². The van der Waals surface area contributed by atoms with Crippen molar-refractivity contribution in [1.82, 2.24) is 0 Å². The van der Waals surface area contributed by atoms with Crippen LogP contribution in [0, 0.1) is 0 Å². The summed E-state index contributed by atoms with van der Waals surface area (Å²) in [6.07, 6.45) is -0.993. The van der Waals surface area contributed by atoms with Crippen molar-refractivity contribution in [2.45, 2.75) is 32.2 Å². The third kappa shape index (κ3) is 3.64. The summed E-state index contributed by atoms with van der Waals surface area (Å²) in [6.45, 7) is 3.73. The first kappa shape index (κ1) is 19.2. The van der Waals surface area contributed by atoms with E-state index < -0.39 is 41.6 Å². The third-order valence-corrected chi connectivity index (χ3v) is 4.68. The fraction of sp³-hybridized carbons (Fsp3) is 0.333. The lowest BCUT2D eigenvalue weighted by molar-refractivity contribution is -0.157. The number of fused-ring (bicyclic) bond motifs is 2. The van der Waals surface area contributed by atoms with Gasteiger partial charge >= 0.3 is 5.97 Å². The standard InChI is InChI=1S/C21H18O8/c1-21(2)27-10-11(29-21)9-26-17(23)8-15(22)16-7-14-18(24)12-5-3-4-6-13(12)19(25)20(14)28-16/h3-7,11H,8-10H2,1-2H3. The predicted molar refractivity (Wildman–Crippen MR) is 96.8 cm³/mol. The van der Waals surface area contributed by atoms with Crippen molar-refractivity contribution in [2.24, 2.45) is 0 Å². The molecule has 8 heteroatoms. The van der Waals surface area contributed by atoms with Crippen LogP contribution < -0.4 is 0 Å². The number of rotatable bonds is 5. The van der Waals surface area contributed by atoms with Crippen LogP contribution in [-0.4, -0.2) is 48.4 Å². The van der Waals surface area contributed by atoms with E-state index in [1.807, 2.05) is 0 Å². The highest BCUT2D eigenvalue weighted by Gasteiger charge is 2.35. The largest absolute Gasteiger partial charge is 0.462 e. The highest BCUT2D eigenvalue weighted by molar-refractivity contribution is 6.28. The van der Waals surface area contributed by atoms with Gasteiger partial charge in [0.25, 0.3) is 0 Å². The second kappa shape index (κ2) is 7.06. The highest BCUT2D eigenvalue weighted by Crippen LogP contribution is 2.30. The normalized spacial score (nSPS) is 19.6. The maximum Gasteiger partial charge on any atom is 0.313 e. The average molecular weight is 398 g/mol. The Morgan fingerprint density at radius 2 is 1.79 bits per heavy atom. The number of hydrogen-bond acceptors (Lipinski definition) is 8. The van der Waals surface area contributed by atoms with Gasteiger partial charge in [0, 0.05) is 11.1 Å². The van der Waals surface area contributed by atoms with Crippen LogP contribution in [0.3, 0.4) is 0 Å². The summed E-state index contributed by atoms with van der Waals surface area (Å²) in [5, 5.41) is 0. The Hall–Kier alpha value is -3.10. The number of furan rings is 1. The molecule has 0 N–H and O–H groups in total. The van der Waals surface area contributed by atoms with Crippen LogP contribution in [0.5, 0.6) is 0 Å². The number of ketones is 3. The Kier molecular flexibility index (Phi) is 4.68.